The van der Waals surface area contributed by atoms with Crippen LogP contribution in [0.25, 0.3) is 0 Å². The number of alkyl halides is 4. The number of hydrogen-bond acceptors (Lipinski definition) is 2. The van der Waals surface area contributed by atoms with Gasteiger partial charge in [-0.1, -0.05) is 12.1 Å². The molecule has 0 saturated carbocycles. The van der Waals surface area contributed by atoms with Crippen molar-refractivity contribution in [2.24, 2.45) is 0 Å². The molecule has 0 atom stereocenters. The van der Waals surface area contributed by atoms with Crippen molar-refractivity contribution in [3.8, 4) is 0 Å². The van der Waals surface area contributed by atoms with Crippen LogP contribution in [-0.4, -0.2) is 31.2 Å². The predicted molar refractivity (Wildman–Crippen MR) is 62.6 cm³/mol. The monoisotopic (exact) mass is 292 g/mol. The Kier molecular flexibility index (Phi) is 5.06. The summed E-state index contributed by atoms with van der Waals surface area (Å²) in [5.74, 6) is -7.09. The molecule has 0 saturated heterocycles. The highest BCUT2D eigenvalue weighted by Crippen LogP contribution is 2.22. The Morgan fingerprint density at radius 1 is 1.20 bits per heavy atom. The largest absolute Gasteiger partial charge is 0.383 e. The highest BCUT2D eigenvalue weighted by atomic mass is 19.3. The van der Waals surface area contributed by atoms with Gasteiger partial charge in [0.15, 0.2) is 0 Å². The van der Waals surface area contributed by atoms with Gasteiger partial charge in [-0.3, -0.25) is 9.59 Å². The first-order chi connectivity index (χ1) is 9.28. The van der Waals surface area contributed by atoms with Gasteiger partial charge < -0.3 is 10.6 Å². The molecule has 2 N–H and O–H groups in total. The summed E-state index contributed by atoms with van der Waals surface area (Å²) >= 11 is 0. The molecule has 1 aromatic carbocycles. The molecule has 1 aromatic rings. The van der Waals surface area contributed by atoms with Crippen LogP contribution in [0.1, 0.15) is 15.9 Å². The maximum absolute atomic E-state index is 12.6. The van der Waals surface area contributed by atoms with Crippen LogP contribution >= 0.6 is 0 Å². The molecule has 4 nitrogen and oxygen atoms in total. The lowest BCUT2D eigenvalue weighted by Crippen LogP contribution is -2.44. The minimum atomic E-state index is -4.72. The zero-order chi connectivity index (χ0) is 15.3. The van der Waals surface area contributed by atoms with Crippen LogP contribution in [0.3, 0.4) is 0 Å². The molecule has 0 radical (unpaired) electrons. The van der Waals surface area contributed by atoms with Crippen molar-refractivity contribution in [2.45, 2.75) is 18.9 Å². The van der Waals surface area contributed by atoms with Crippen molar-refractivity contribution in [3.05, 3.63) is 35.4 Å². The number of halogens is 4. The van der Waals surface area contributed by atoms with Crippen molar-refractivity contribution in [1.29, 1.82) is 0 Å². The fourth-order valence-corrected chi connectivity index (χ4v) is 1.32. The van der Waals surface area contributed by atoms with Crippen LogP contribution in [0.15, 0.2) is 24.3 Å². The zero-order valence-electron chi connectivity index (χ0n) is 10.4. The van der Waals surface area contributed by atoms with Gasteiger partial charge in [-0.15, -0.1) is 0 Å². The standard InChI is InChI=1S/C12H12F4N2O2/c1-17-9(19)8-4-2-7(3-5-8)6-18-11(20)12(15,16)10(13)14/h2-5,10H,6H2,1H3,(H,17,19)(H,18,20). The number of hydrogen-bond donors (Lipinski definition) is 2. The van der Waals surface area contributed by atoms with E-state index in [4.69, 9.17) is 0 Å². The normalized spacial score (nSPS) is 11.3. The average Bonchev–Trinajstić information content (AvgIpc) is 2.44. The molecule has 0 bridgehead atoms. The number of carbonyl (C=O) groups is 2. The molecule has 2 amide bonds. The third-order valence-corrected chi connectivity index (χ3v) is 2.47. The number of benzene rings is 1. The van der Waals surface area contributed by atoms with Crippen molar-refractivity contribution in [3.63, 3.8) is 0 Å². The first-order valence-corrected chi connectivity index (χ1v) is 5.54. The quantitative estimate of drug-likeness (QED) is 0.809. The molecule has 20 heavy (non-hydrogen) atoms. The van der Waals surface area contributed by atoms with E-state index in [-0.39, 0.29) is 12.5 Å². The minimum Gasteiger partial charge on any atom is -0.355 e. The summed E-state index contributed by atoms with van der Waals surface area (Å²) in [6, 6.07) is 5.69. The topological polar surface area (TPSA) is 58.2 Å². The molecule has 0 aromatic heterocycles. The maximum atomic E-state index is 12.6. The summed E-state index contributed by atoms with van der Waals surface area (Å²) < 4.78 is 49.1. The van der Waals surface area contributed by atoms with Crippen molar-refractivity contribution in [2.75, 3.05) is 7.05 Å². The maximum Gasteiger partial charge on any atom is 0.383 e. The smallest absolute Gasteiger partial charge is 0.355 e. The fraction of sp³-hybridized carbons (Fsp3) is 0.333. The van der Waals surface area contributed by atoms with E-state index < -0.39 is 18.3 Å². The minimum absolute atomic E-state index is 0.329. The number of carbonyl (C=O) groups excluding carboxylic acids is 2. The van der Waals surface area contributed by atoms with Crippen molar-refractivity contribution >= 4 is 11.8 Å². The number of amides is 2. The highest BCUT2D eigenvalue weighted by molar-refractivity contribution is 5.93. The van der Waals surface area contributed by atoms with Gasteiger partial charge in [0, 0.05) is 19.2 Å². The molecule has 0 aliphatic rings. The molecule has 0 fully saturated rings. The predicted octanol–water partition coefficient (Wildman–Crippen LogP) is 1.56. The van der Waals surface area contributed by atoms with Crippen LogP contribution in [0.2, 0.25) is 0 Å². The van der Waals surface area contributed by atoms with E-state index in [1.807, 2.05) is 0 Å². The molecule has 0 unspecified atom stereocenters. The second-order valence-corrected chi connectivity index (χ2v) is 3.88. The van der Waals surface area contributed by atoms with Gasteiger partial charge in [-0.05, 0) is 17.7 Å². The third-order valence-electron chi connectivity index (χ3n) is 2.47. The summed E-state index contributed by atoms with van der Waals surface area (Å²) in [7, 11) is 1.45. The molecular formula is C12H12F4N2O2. The fourth-order valence-electron chi connectivity index (χ4n) is 1.32. The Bertz CT molecular complexity index is 489. The van der Waals surface area contributed by atoms with Crippen LogP contribution < -0.4 is 10.6 Å². The van der Waals surface area contributed by atoms with Crippen molar-refractivity contribution < 1.29 is 27.2 Å². The van der Waals surface area contributed by atoms with Gasteiger partial charge in [0.25, 0.3) is 11.8 Å². The summed E-state index contributed by atoms with van der Waals surface area (Å²) in [6.45, 7) is -0.338. The number of nitrogens with one attached hydrogen (secondary N) is 2. The summed E-state index contributed by atoms with van der Waals surface area (Å²) in [6.07, 6.45) is -4.06. The summed E-state index contributed by atoms with van der Waals surface area (Å²) in [4.78, 5) is 22.1. The molecule has 0 aliphatic heterocycles. The third kappa shape index (κ3) is 3.69. The van der Waals surface area contributed by atoms with Crippen LogP contribution in [-0.2, 0) is 11.3 Å². The Morgan fingerprint density at radius 3 is 2.20 bits per heavy atom. The first-order valence-electron chi connectivity index (χ1n) is 5.54. The SMILES string of the molecule is CNC(=O)c1ccc(CNC(=O)C(F)(F)C(F)F)cc1. The molecule has 110 valence electrons. The lowest BCUT2D eigenvalue weighted by molar-refractivity contribution is -0.169. The van der Waals surface area contributed by atoms with Crippen molar-refractivity contribution in [1.82, 2.24) is 10.6 Å². The second-order valence-electron chi connectivity index (χ2n) is 3.88. The van der Waals surface area contributed by atoms with Crippen LogP contribution in [0.5, 0.6) is 0 Å². The highest BCUT2D eigenvalue weighted by Gasteiger charge is 2.48. The molecule has 0 aliphatic carbocycles. The van der Waals surface area contributed by atoms with E-state index in [9.17, 15) is 27.2 Å². The van der Waals surface area contributed by atoms with E-state index in [0.29, 0.717) is 11.1 Å². The Morgan fingerprint density at radius 2 is 1.75 bits per heavy atom. The van der Waals surface area contributed by atoms with Gasteiger partial charge in [0.1, 0.15) is 0 Å². The van der Waals surface area contributed by atoms with E-state index >= 15 is 0 Å². The molecule has 0 spiro atoms. The Balaban J connectivity index is 2.63. The van der Waals surface area contributed by atoms with Gasteiger partial charge in [0.05, 0.1) is 0 Å². The van der Waals surface area contributed by atoms with E-state index in [1.54, 1.807) is 5.32 Å². The first kappa shape index (κ1) is 15.9. The van der Waals surface area contributed by atoms with Crippen LogP contribution in [0.4, 0.5) is 17.6 Å². The number of rotatable bonds is 5. The van der Waals surface area contributed by atoms with E-state index in [0.717, 1.165) is 0 Å². The molecule has 0 heterocycles. The van der Waals surface area contributed by atoms with E-state index in [1.165, 1.54) is 31.3 Å². The zero-order valence-corrected chi connectivity index (χ0v) is 10.4. The molecule has 1 rings (SSSR count). The lowest BCUT2D eigenvalue weighted by atomic mass is 10.1. The lowest BCUT2D eigenvalue weighted by Gasteiger charge is -2.14. The average molecular weight is 292 g/mol. The molecular weight excluding hydrogens is 280 g/mol. The Hall–Kier alpha value is -2.12. The van der Waals surface area contributed by atoms with Gasteiger partial charge in [-0.2, -0.15) is 8.78 Å². The summed E-state index contributed by atoms with van der Waals surface area (Å²) in [5.41, 5.74) is 0.747. The van der Waals surface area contributed by atoms with Crippen LogP contribution in [0, 0.1) is 0 Å². The Labute approximate surface area is 112 Å². The van der Waals surface area contributed by atoms with Gasteiger partial charge in [0.2, 0.25) is 0 Å². The summed E-state index contributed by atoms with van der Waals surface area (Å²) in [5, 5.41) is 4.11. The molecule has 8 heteroatoms. The van der Waals surface area contributed by atoms with Gasteiger partial charge >= 0.3 is 12.3 Å². The van der Waals surface area contributed by atoms with E-state index in [2.05, 4.69) is 5.32 Å². The second kappa shape index (κ2) is 6.36. The van der Waals surface area contributed by atoms with Gasteiger partial charge in [-0.25, -0.2) is 8.78 Å².